The van der Waals surface area contributed by atoms with Gasteiger partial charge in [-0.15, -0.1) is 0 Å². The van der Waals surface area contributed by atoms with Crippen molar-refractivity contribution in [3.05, 3.63) is 77.6 Å². The zero-order chi connectivity index (χ0) is 25.2. The lowest BCUT2D eigenvalue weighted by molar-refractivity contribution is 0.0600. The van der Waals surface area contributed by atoms with Crippen LogP contribution in [0.2, 0.25) is 0 Å². The van der Waals surface area contributed by atoms with E-state index in [0.29, 0.717) is 28.3 Å². The SMILES string of the molecule is CCO.COC(=O)c1ccc(N(C)Cc2cnc3nc(N)nc(SCc4ccccc4)c3n2)cc1. The molecule has 2 aromatic carbocycles. The number of fused-ring (bicyclic) bond motifs is 1. The van der Waals surface area contributed by atoms with Crippen LogP contribution in [0.3, 0.4) is 0 Å². The average Bonchev–Trinajstić information content (AvgIpc) is 2.88. The first-order chi connectivity index (χ1) is 16.9. The van der Waals surface area contributed by atoms with E-state index in [0.717, 1.165) is 17.1 Å². The summed E-state index contributed by atoms with van der Waals surface area (Å²) in [5, 5.41) is 8.27. The van der Waals surface area contributed by atoms with Crippen molar-refractivity contribution < 1.29 is 14.6 Å². The summed E-state index contributed by atoms with van der Waals surface area (Å²) in [5.41, 5.74) is 10.4. The Morgan fingerprint density at radius 3 is 2.43 bits per heavy atom. The number of nitrogens with two attached hydrogens (primary N) is 1. The zero-order valence-corrected chi connectivity index (χ0v) is 20.7. The Balaban J connectivity index is 0.00000108. The third kappa shape index (κ3) is 7.11. The van der Waals surface area contributed by atoms with Gasteiger partial charge in [0.25, 0.3) is 0 Å². The van der Waals surface area contributed by atoms with Gasteiger partial charge in [0, 0.05) is 25.1 Å². The van der Waals surface area contributed by atoms with E-state index in [2.05, 4.69) is 27.1 Å². The van der Waals surface area contributed by atoms with Crippen molar-refractivity contribution in [2.75, 3.05) is 31.4 Å². The molecule has 2 heterocycles. The van der Waals surface area contributed by atoms with Gasteiger partial charge in [0.05, 0.1) is 31.1 Å². The number of hydrogen-bond acceptors (Lipinski definition) is 10. The molecule has 4 rings (SSSR count). The lowest BCUT2D eigenvalue weighted by Gasteiger charge is -2.19. The van der Waals surface area contributed by atoms with E-state index in [4.69, 9.17) is 20.6 Å². The molecule has 9 nitrogen and oxygen atoms in total. The molecule has 0 bridgehead atoms. The van der Waals surface area contributed by atoms with Crippen LogP contribution in [0.25, 0.3) is 11.2 Å². The van der Waals surface area contributed by atoms with E-state index in [1.807, 2.05) is 42.3 Å². The van der Waals surface area contributed by atoms with E-state index in [1.54, 1.807) is 37.0 Å². The van der Waals surface area contributed by atoms with Gasteiger partial charge < -0.3 is 20.5 Å². The summed E-state index contributed by atoms with van der Waals surface area (Å²) in [6, 6.07) is 17.3. The number of esters is 1. The van der Waals surface area contributed by atoms with Crippen LogP contribution in [0, 0.1) is 0 Å². The summed E-state index contributed by atoms with van der Waals surface area (Å²) in [7, 11) is 3.31. The summed E-state index contributed by atoms with van der Waals surface area (Å²) in [5.74, 6) is 0.558. The highest BCUT2D eigenvalue weighted by molar-refractivity contribution is 7.98. The standard InChI is InChI=1S/C23H22N6O2S.C2H6O/c1-29(18-10-8-16(9-11-18)22(30)31-2)13-17-12-25-20-19(26-17)21(28-23(24)27-20)32-14-15-6-4-3-5-7-15;1-2-3/h3-12H,13-14H2,1-2H3,(H2,24,25,27,28);3H,2H2,1H3. The summed E-state index contributed by atoms with van der Waals surface area (Å²) in [4.78, 5) is 31.5. The number of nitrogen functional groups attached to an aromatic ring is 1. The van der Waals surface area contributed by atoms with Crippen LogP contribution in [0.15, 0.2) is 65.8 Å². The number of ether oxygens (including phenoxy) is 1. The predicted octanol–water partition coefficient (Wildman–Crippen LogP) is 3.72. The van der Waals surface area contributed by atoms with Crippen molar-refractivity contribution in [3.63, 3.8) is 0 Å². The molecule has 0 atom stereocenters. The number of carbonyl (C=O) groups excluding carboxylic acids is 1. The quantitative estimate of drug-likeness (QED) is 0.224. The number of benzene rings is 2. The zero-order valence-electron chi connectivity index (χ0n) is 19.9. The normalized spacial score (nSPS) is 10.4. The van der Waals surface area contributed by atoms with Gasteiger partial charge in [-0.05, 0) is 36.8 Å². The molecule has 0 saturated carbocycles. The van der Waals surface area contributed by atoms with Crippen molar-refractivity contribution in [2.24, 2.45) is 0 Å². The van der Waals surface area contributed by atoms with Gasteiger partial charge >= 0.3 is 5.97 Å². The molecule has 182 valence electrons. The molecular formula is C25H28N6O3S. The molecule has 0 saturated heterocycles. The maximum Gasteiger partial charge on any atom is 0.337 e. The number of methoxy groups -OCH3 is 1. The van der Waals surface area contributed by atoms with Crippen LogP contribution in [0.5, 0.6) is 0 Å². The molecule has 0 aliphatic rings. The van der Waals surface area contributed by atoms with Crippen molar-refractivity contribution in [3.8, 4) is 0 Å². The maximum absolute atomic E-state index is 11.6. The first-order valence-electron chi connectivity index (χ1n) is 10.9. The van der Waals surface area contributed by atoms with Crippen molar-refractivity contribution in [1.29, 1.82) is 0 Å². The minimum atomic E-state index is -0.362. The third-order valence-electron chi connectivity index (χ3n) is 4.79. The summed E-state index contributed by atoms with van der Waals surface area (Å²) >= 11 is 1.56. The molecule has 3 N–H and O–H groups in total. The molecule has 0 aliphatic heterocycles. The second-order valence-corrected chi connectivity index (χ2v) is 8.37. The Hall–Kier alpha value is -3.76. The fraction of sp³-hybridized carbons (Fsp3) is 0.240. The Bertz CT molecular complexity index is 1260. The Morgan fingerprint density at radius 1 is 1.09 bits per heavy atom. The third-order valence-corrected chi connectivity index (χ3v) is 5.82. The molecule has 0 radical (unpaired) electrons. The van der Waals surface area contributed by atoms with E-state index in [9.17, 15) is 4.79 Å². The van der Waals surface area contributed by atoms with Crippen LogP contribution in [0.4, 0.5) is 11.6 Å². The van der Waals surface area contributed by atoms with Gasteiger partial charge in [0.2, 0.25) is 5.95 Å². The molecule has 0 unspecified atom stereocenters. The topological polar surface area (TPSA) is 127 Å². The van der Waals surface area contributed by atoms with E-state index in [1.165, 1.54) is 12.7 Å². The molecule has 35 heavy (non-hydrogen) atoms. The number of aliphatic hydroxyl groups excluding tert-OH is 1. The predicted molar refractivity (Wildman–Crippen MR) is 138 cm³/mol. The molecule has 0 fully saturated rings. The van der Waals surface area contributed by atoms with Crippen LogP contribution < -0.4 is 10.6 Å². The molecule has 10 heteroatoms. The van der Waals surface area contributed by atoms with Crippen LogP contribution in [0.1, 0.15) is 28.5 Å². The smallest absolute Gasteiger partial charge is 0.337 e. The Labute approximate surface area is 208 Å². The molecule has 0 amide bonds. The highest BCUT2D eigenvalue weighted by Crippen LogP contribution is 2.27. The van der Waals surface area contributed by atoms with Crippen LogP contribution >= 0.6 is 11.8 Å². The van der Waals surface area contributed by atoms with Crippen LogP contribution in [-0.4, -0.2) is 51.8 Å². The fourth-order valence-electron chi connectivity index (χ4n) is 3.14. The van der Waals surface area contributed by atoms with E-state index in [-0.39, 0.29) is 18.5 Å². The van der Waals surface area contributed by atoms with Crippen molar-refractivity contribution >= 4 is 40.5 Å². The van der Waals surface area contributed by atoms with Crippen molar-refractivity contribution in [2.45, 2.75) is 24.2 Å². The Kier molecular flexibility index (Phi) is 9.33. The first-order valence-corrected chi connectivity index (χ1v) is 11.9. The van der Waals surface area contributed by atoms with Gasteiger partial charge in [-0.25, -0.2) is 19.7 Å². The first kappa shape index (κ1) is 25.9. The number of hydrogen-bond donors (Lipinski definition) is 2. The van der Waals surface area contributed by atoms with Crippen molar-refractivity contribution in [1.82, 2.24) is 19.9 Å². The number of carbonyl (C=O) groups is 1. The maximum atomic E-state index is 11.6. The highest BCUT2D eigenvalue weighted by atomic mass is 32.2. The molecule has 2 aromatic heterocycles. The van der Waals surface area contributed by atoms with Gasteiger partial charge in [-0.3, -0.25) is 0 Å². The molecular weight excluding hydrogens is 464 g/mol. The average molecular weight is 493 g/mol. The number of aliphatic hydroxyl groups is 1. The fourth-order valence-corrected chi connectivity index (χ4v) is 4.07. The monoisotopic (exact) mass is 492 g/mol. The lowest BCUT2D eigenvalue weighted by atomic mass is 10.2. The van der Waals surface area contributed by atoms with E-state index >= 15 is 0 Å². The van der Waals surface area contributed by atoms with Gasteiger partial charge in [-0.1, -0.05) is 42.1 Å². The molecule has 4 aromatic rings. The number of nitrogens with zero attached hydrogens (tertiary/aromatic N) is 5. The number of thioether (sulfide) groups is 1. The van der Waals surface area contributed by atoms with Gasteiger partial charge in [0.15, 0.2) is 5.65 Å². The number of aromatic nitrogens is 4. The minimum absolute atomic E-state index is 0.179. The Morgan fingerprint density at radius 2 is 1.77 bits per heavy atom. The molecule has 0 aliphatic carbocycles. The van der Waals surface area contributed by atoms with Gasteiger partial charge in [0.1, 0.15) is 10.5 Å². The second-order valence-electron chi connectivity index (χ2n) is 7.41. The molecule has 0 spiro atoms. The highest BCUT2D eigenvalue weighted by Gasteiger charge is 2.13. The summed E-state index contributed by atoms with van der Waals surface area (Å²) in [6.45, 7) is 2.45. The second kappa shape index (κ2) is 12.6. The minimum Gasteiger partial charge on any atom is -0.465 e. The lowest BCUT2D eigenvalue weighted by Crippen LogP contribution is -2.18. The number of anilines is 2. The largest absolute Gasteiger partial charge is 0.465 e. The van der Waals surface area contributed by atoms with E-state index < -0.39 is 0 Å². The van der Waals surface area contributed by atoms with Crippen LogP contribution in [-0.2, 0) is 17.0 Å². The summed E-state index contributed by atoms with van der Waals surface area (Å²) < 4.78 is 4.75. The summed E-state index contributed by atoms with van der Waals surface area (Å²) in [6.07, 6.45) is 1.69. The van der Waals surface area contributed by atoms with Gasteiger partial charge in [-0.2, -0.15) is 4.98 Å². The number of rotatable bonds is 7.